The van der Waals surface area contributed by atoms with Gasteiger partial charge in [0.25, 0.3) is 5.91 Å². The molecule has 8 heteroatoms. The summed E-state index contributed by atoms with van der Waals surface area (Å²) in [6.07, 6.45) is 0. The Hall–Kier alpha value is -3.91. The maximum absolute atomic E-state index is 13.0. The Balaban J connectivity index is 1.19. The minimum Gasteiger partial charge on any atom is -0.454 e. The van der Waals surface area contributed by atoms with Crippen molar-refractivity contribution in [2.75, 3.05) is 51.2 Å². The van der Waals surface area contributed by atoms with Gasteiger partial charge in [-0.25, -0.2) is 0 Å². The van der Waals surface area contributed by atoms with Crippen molar-refractivity contribution in [3.8, 4) is 23.0 Å². The summed E-state index contributed by atoms with van der Waals surface area (Å²) in [7, 11) is 0. The number of amides is 1. The number of carbonyl (C=O) groups excluding carboxylic acids is 1. The molecular weight excluding hydrogens is 446 g/mol. The van der Waals surface area contributed by atoms with Gasteiger partial charge in [-0.05, 0) is 48.0 Å². The highest BCUT2D eigenvalue weighted by Gasteiger charge is 2.28. The summed E-state index contributed by atoms with van der Waals surface area (Å²) in [4.78, 5) is 17.8. The van der Waals surface area contributed by atoms with Gasteiger partial charge in [-0.3, -0.25) is 9.69 Å². The van der Waals surface area contributed by atoms with Crippen LogP contribution < -0.4 is 29.2 Å². The molecule has 3 heterocycles. The molecule has 0 spiro atoms. The van der Waals surface area contributed by atoms with Crippen LogP contribution in [0.25, 0.3) is 0 Å². The summed E-state index contributed by atoms with van der Waals surface area (Å²) in [6.45, 7) is 4.49. The molecule has 180 valence electrons. The Morgan fingerprint density at radius 1 is 0.771 bits per heavy atom. The summed E-state index contributed by atoms with van der Waals surface area (Å²) in [5, 5.41) is 3.13. The molecule has 8 nitrogen and oxygen atoms in total. The summed E-state index contributed by atoms with van der Waals surface area (Å²) in [5.74, 6) is 2.62. The van der Waals surface area contributed by atoms with Crippen LogP contribution in [-0.4, -0.2) is 57.1 Å². The highest BCUT2D eigenvalue weighted by Crippen LogP contribution is 2.36. The van der Waals surface area contributed by atoms with Gasteiger partial charge >= 0.3 is 0 Å². The van der Waals surface area contributed by atoms with Crippen LogP contribution >= 0.6 is 0 Å². The SMILES string of the molecule is O=C(NC[C@H](c1ccc2c(c1)OCO2)N1CCN(c2ccccc2)CC1)c1ccc2c(c1)OCO2. The van der Waals surface area contributed by atoms with Crippen molar-refractivity contribution in [3.63, 3.8) is 0 Å². The topological polar surface area (TPSA) is 72.5 Å². The van der Waals surface area contributed by atoms with E-state index in [4.69, 9.17) is 18.9 Å². The summed E-state index contributed by atoms with van der Waals surface area (Å²) in [6, 6.07) is 21.8. The number of anilines is 1. The molecule has 1 fully saturated rings. The third-order valence-corrected chi connectivity index (χ3v) is 6.75. The van der Waals surface area contributed by atoms with Crippen molar-refractivity contribution in [1.82, 2.24) is 10.2 Å². The Morgan fingerprint density at radius 2 is 1.43 bits per heavy atom. The molecule has 3 aliphatic heterocycles. The van der Waals surface area contributed by atoms with Gasteiger partial charge in [-0.1, -0.05) is 24.3 Å². The molecule has 0 aromatic heterocycles. The number of nitrogens with zero attached hydrogens (tertiary/aromatic N) is 2. The molecule has 1 atom stereocenters. The van der Waals surface area contributed by atoms with Gasteiger partial charge in [0.1, 0.15) is 0 Å². The number of ether oxygens (including phenoxy) is 4. The average Bonchev–Trinajstić information content (AvgIpc) is 3.58. The number of carbonyl (C=O) groups is 1. The van der Waals surface area contributed by atoms with Crippen molar-refractivity contribution < 1.29 is 23.7 Å². The largest absolute Gasteiger partial charge is 0.454 e. The van der Waals surface area contributed by atoms with E-state index in [0.717, 1.165) is 43.2 Å². The molecule has 1 saturated heterocycles. The Bertz CT molecular complexity index is 1210. The monoisotopic (exact) mass is 473 g/mol. The van der Waals surface area contributed by atoms with Crippen molar-refractivity contribution in [2.24, 2.45) is 0 Å². The van der Waals surface area contributed by atoms with E-state index < -0.39 is 0 Å². The molecule has 3 aliphatic rings. The van der Waals surface area contributed by atoms with Gasteiger partial charge in [0, 0.05) is 44.0 Å². The van der Waals surface area contributed by atoms with E-state index in [1.807, 2.05) is 18.2 Å². The smallest absolute Gasteiger partial charge is 0.251 e. The second kappa shape index (κ2) is 9.38. The third kappa shape index (κ3) is 4.44. The number of piperazine rings is 1. The highest BCUT2D eigenvalue weighted by atomic mass is 16.7. The second-order valence-corrected chi connectivity index (χ2v) is 8.77. The van der Waals surface area contributed by atoms with E-state index in [9.17, 15) is 4.79 Å². The maximum atomic E-state index is 13.0. The second-order valence-electron chi connectivity index (χ2n) is 8.77. The molecule has 0 unspecified atom stereocenters. The first-order valence-corrected chi connectivity index (χ1v) is 11.9. The van der Waals surface area contributed by atoms with Gasteiger partial charge < -0.3 is 29.2 Å². The lowest BCUT2D eigenvalue weighted by Crippen LogP contribution is -2.50. The quantitative estimate of drug-likeness (QED) is 0.588. The van der Waals surface area contributed by atoms with Crippen LogP contribution in [0.2, 0.25) is 0 Å². The van der Waals surface area contributed by atoms with E-state index >= 15 is 0 Å². The zero-order valence-corrected chi connectivity index (χ0v) is 19.3. The van der Waals surface area contributed by atoms with Crippen molar-refractivity contribution in [3.05, 3.63) is 77.9 Å². The van der Waals surface area contributed by atoms with Crippen LogP contribution in [0.3, 0.4) is 0 Å². The van der Waals surface area contributed by atoms with Gasteiger partial charge in [0.05, 0.1) is 6.04 Å². The lowest BCUT2D eigenvalue weighted by molar-refractivity contribution is 0.0929. The lowest BCUT2D eigenvalue weighted by Gasteiger charge is -2.40. The number of rotatable bonds is 6. The molecule has 1 amide bonds. The van der Waals surface area contributed by atoms with E-state index in [-0.39, 0.29) is 25.5 Å². The Kier molecular flexibility index (Phi) is 5.79. The van der Waals surface area contributed by atoms with Gasteiger partial charge in [-0.2, -0.15) is 0 Å². The fourth-order valence-corrected chi connectivity index (χ4v) is 4.84. The van der Waals surface area contributed by atoms with E-state index in [0.29, 0.717) is 23.6 Å². The Morgan fingerprint density at radius 3 is 2.17 bits per heavy atom. The fraction of sp³-hybridized carbons (Fsp3) is 0.296. The number of fused-ring (bicyclic) bond motifs is 2. The number of hydrogen-bond acceptors (Lipinski definition) is 7. The number of benzene rings is 3. The number of para-hydroxylation sites is 1. The molecule has 0 saturated carbocycles. The lowest BCUT2D eigenvalue weighted by atomic mass is 10.0. The predicted octanol–water partition coefficient (Wildman–Crippen LogP) is 3.44. The van der Waals surface area contributed by atoms with Gasteiger partial charge in [0.2, 0.25) is 13.6 Å². The molecule has 35 heavy (non-hydrogen) atoms. The van der Waals surface area contributed by atoms with Crippen molar-refractivity contribution in [1.29, 1.82) is 0 Å². The van der Waals surface area contributed by atoms with Gasteiger partial charge in [0.15, 0.2) is 23.0 Å². The normalized spacial score (nSPS) is 17.3. The summed E-state index contributed by atoms with van der Waals surface area (Å²) < 4.78 is 21.9. The van der Waals surface area contributed by atoms with E-state index in [1.165, 1.54) is 5.69 Å². The average molecular weight is 474 g/mol. The van der Waals surface area contributed by atoms with Gasteiger partial charge in [-0.15, -0.1) is 0 Å². The molecule has 3 aromatic rings. The van der Waals surface area contributed by atoms with E-state index in [1.54, 1.807) is 18.2 Å². The minimum absolute atomic E-state index is 0.000355. The fourth-order valence-electron chi connectivity index (χ4n) is 4.84. The van der Waals surface area contributed by atoms with Crippen LogP contribution in [0, 0.1) is 0 Å². The minimum atomic E-state index is -0.142. The van der Waals surface area contributed by atoms with Crippen molar-refractivity contribution >= 4 is 11.6 Å². The zero-order chi connectivity index (χ0) is 23.6. The van der Waals surface area contributed by atoms with Crippen LogP contribution in [0.5, 0.6) is 23.0 Å². The van der Waals surface area contributed by atoms with Crippen molar-refractivity contribution in [2.45, 2.75) is 6.04 Å². The predicted molar refractivity (Wildman–Crippen MR) is 130 cm³/mol. The highest BCUT2D eigenvalue weighted by molar-refractivity contribution is 5.95. The number of hydrogen-bond donors (Lipinski definition) is 1. The number of nitrogens with one attached hydrogen (secondary N) is 1. The zero-order valence-electron chi connectivity index (χ0n) is 19.3. The standard InChI is InChI=1S/C27H27N3O5/c31-27(20-7-9-24-26(15-20)35-18-33-24)28-16-22(19-6-8-23-25(14-19)34-17-32-23)30-12-10-29(11-13-30)21-4-2-1-3-5-21/h1-9,14-15,22H,10-13,16-18H2,(H,28,31)/t22-/m1/s1. The molecule has 1 N–H and O–H groups in total. The molecule has 6 rings (SSSR count). The van der Waals surface area contributed by atoms with E-state index in [2.05, 4.69) is 45.4 Å². The Labute approximate surface area is 203 Å². The van der Waals surface area contributed by atoms with Crippen LogP contribution in [-0.2, 0) is 0 Å². The molecule has 0 radical (unpaired) electrons. The molecule has 0 aliphatic carbocycles. The first kappa shape index (κ1) is 21.6. The summed E-state index contributed by atoms with van der Waals surface area (Å²) >= 11 is 0. The third-order valence-electron chi connectivity index (χ3n) is 6.75. The summed E-state index contributed by atoms with van der Waals surface area (Å²) in [5.41, 5.74) is 2.88. The molecular formula is C27H27N3O5. The first-order chi connectivity index (χ1) is 17.2. The van der Waals surface area contributed by atoms with Crippen LogP contribution in [0.15, 0.2) is 66.7 Å². The maximum Gasteiger partial charge on any atom is 0.251 e. The first-order valence-electron chi connectivity index (χ1n) is 11.9. The van der Waals surface area contributed by atoms with Crippen LogP contribution in [0.4, 0.5) is 5.69 Å². The molecule has 0 bridgehead atoms. The molecule has 3 aromatic carbocycles. The van der Waals surface area contributed by atoms with Crippen LogP contribution in [0.1, 0.15) is 22.0 Å².